The SMILES string of the molecule is N=C(N)c1ccc(N(CCO)CC(F)(F)F)cn1. The summed E-state index contributed by atoms with van der Waals surface area (Å²) in [6.07, 6.45) is -3.17. The van der Waals surface area contributed by atoms with Crippen LogP contribution < -0.4 is 10.6 Å². The molecule has 0 atom stereocenters. The number of halogens is 3. The highest BCUT2D eigenvalue weighted by Gasteiger charge is 2.30. The van der Waals surface area contributed by atoms with Gasteiger partial charge in [-0.25, -0.2) is 0 Å². The molecule has 0 aliphatic heterocycles. The van der Waals surface area contributed by atoms with Gasteiger partial charge in [0.15, 0.2) is 0 Å². The third-order valence-electron chi connectivity index (χ3n) is 2.13. The van der Waals surface area contributed by atoms with E-state index >= 15 is 0 Å². The summed E-state index contributed by atoms with van der Waals surface area (Å²) in [5.41, 5.74) is 5.59. The van der Waals surface area contributed by atoms with Crippen LogP contribution in [0.2, 0.25) is 0 Å². The molecule has 0 unspecified atom stereocenters. The first kappa shape index (κ1) is 14.2. The number of anilines is 1. The van der Waals surface area contributed by atoms with Crippen molar-refractivity contribution in [1.29, 1.82) is 5.41 Å². The van der Waals surface area contributed by atoms with E-state index in [1.54, 1.807) is 0 Å². The van der Waals surface area contributed by atoms with Gasteiger partial charge in [0.1, 0.15) is 18.1 Å². The number of amidine groups is 1. The Labute approximate surface area is 102 Å². The molecule has 5 nitrogen and oxygen atoms in total. The molecule has 4 N–H and O–H groups in total. The molecule has 100 valence electrons. The summed E-state index contributed by atoms with van der Waals surface area (Å²) in [5, 5.41) is 15.9. The molecule has 0 spiro atoms. The molecule has 0 bridgehead atoms. The maximum absolute atomic E-state index is 12.3. The van der Waals surface area contributed by atoms with Gasteiger partial charge in [-0.05, 0) is 12.1 Å². The van der Waals surface area contributed by atoms with E-state index in [0.29, 0.717) is 0 Å². The molecule has 18 heavy (non-hydrogen) atoms. The summed E-state index contributed by atoms with van der Waals surface area (Å²) in [7, 11) is 0. The van der Waals surface area contributed by atoms with E-state index < -0.39 is 19.3 Å². The zero-order valence-electron chi connectivity index (χ0n) is 9.41. The minimum atomic E-state index is -4.37. The lowest BCUT2D eigenvalue weighted by atomic mass is 10.3. The lowest BCUT2D eigenvalue weighted by molar-refractivity contribution is -0.119. The van der Waals surface area contributed by atoms with Crippen LogP contribution in [0.3, 0.4) is 0 Å². The van der Waals surface area contributed by atoms with Gasteiger partial charge in [-0.2, -0.15) is 13.2 Å². The van der Waals surface area contributed by atoms with E-state index in [9.17, 15) is 13.2 Å². The third-order valence-corrected chi connectivity index (χ3v) is 2.13. The van der Waals surface area contributed by atoms with Crippen molar-refractivity contribution in [3.05, 3.63) is 24.0 Å². The van der Waals surface area contributed by atoms with E-state index in [2.05, 4.69) is 4.98 Å². The maximum Gasteiger partial charge on any atom is 0.405 e. The number of alkyl halides is 3. The van der Waals surface area contributed by atoms with Crippen molar-refractivity contribution in [3.63, 3.8) is 0 Å². The highest BCUT2D eigenvalue weighted by Crippen LogP contribution is 2.21. The predicted molar refractivity (Wildman–Crippen MR) is 60.6 cm³/mol. The monoisotopic (exact) mass is 262 g/mol. The molecule has 0 aromatic carbocycles. The van der Waals surface area contributed by atoms with Crippen molar-refractivity contribution in [2.75, 3.05) is 24.6 Å². The summed E-state index contributed by atoms with van der Waals surface area (Å²) in [5.74, 6) is -0.258. The Morgan fingerprint density at radius 2 is 2.11 bits per heavy atom. The molecule has 1 aromatic heterocycles. The lowest BCUT2D eigenvalue weighted by Crippen LogP contribution is -2.36. The number of nitrogens with zero attached hydrogens (tertiary/aromatic N) is 2. The quantitative estimate of drug-likeness (QED) is 0.539. The summed E-state index contributed by atoms with van der Waals surface area (Å²) >= 11 is 0. The standard InChI is InChI=1S/C10H13F3N4O/c11-10(12,13)6-17(3-4-18)7-1-2-8(9(14)15)16-5-7/h1-2,5,18H,3-4,6H2,(H3,14,15). The van der Waals surface area contributed by atoms with E-state index in [-0.39, 0.29) is 23.8 Å². The zero-order chi connectivity index (χ0) is 13.8. The van der Waals surface area contributed by atoms with E-state index in [0.717, 1.165) is 4.90 Å². The molecule has 0 saturated heterocycles. The van der Waals surface area contributed by atoms with Crippen LogP contribution in [0.25, 0.3) is 0 Å². The average molecular weight is 262 g/mol. The first-order valence-corrected chi connectivity index (χ1v) is 5.06. The molecule has 0 radical (unpaired) electrons. The van der Waals surface area contributed by atoms with Crippen LogP contribution >= 0.6 is 0 Å². The molecule has 0 amide bonds. The average Bonchev–Trinajstić information content (AvgIpc) is 2.27. The second-order valence-corrected chi connectivity index (χ2v) is 3.58. The van der Waals surface area contributed by atoms with E-state index in [1.807, 2.05) is 0 Å². The Bertz CT molecular complexity index is 405. The Hall–Kier alpha value is -1.83. The van der Waals surface area contributed by atoms with Crippen molar-refractivity contribution >= 4 is 11.5 Å². The van der Waals surface area contributed by atoms with Crippen LogP contribution in [0, 0.1) is 5.41 Å². The van der Waals surface area contributed by atoms with Crippen LogP contribution in [0.15, 0.2) is 18.3 Å². The molecule has 1 heterocycles. The smallest absolute Gasteiger partial charge is 0.395 e. The first-order chi connectivity index (χ1) is 8.33. The van der Waals surface area contributed by atoms with Crippen LogP contribution in [-0.4, -0.2) is 41.8 Å². The molecule has 0 aliphatic carbocycles. The molecule has 1 aromatic rings. The summed E-state index contributed by atoms with van der Waals surface area (Å²) < 4.78 is 37.0. The highest BCUT2D eigenvalue weighted by atomic mass is 19.4. The van der Waals surface area contributed by atoms with Gasteiger partial charge in [-0.3, -0.25) is 10.4 Å². The fourth-order valence-electron chi connectivity index (χ4n) is 1.37. The van der Waals surface area contributed by atoms with E-state index in [1.165, 1.54) is 18.3 Å². The second-order valence-electron chi connectivity index (χ2n) is 3.58. The van der Waals surface area contributed by atoms with Gasteiger partial charge < -0.3 is 15.7 Å². The molecular formula is C10H13F3N4O. The summed E-state index contributed by atoms with van der Waals surface area (Å²) in [6, 6.07) is 2.74. The number of hydrogen-bond donors (Lipinski definition) is 3. The van der Waals surface area contributed by atoms with Crippen LogP contribution in [-0.2, 0) is 0 Å². The van der Waals surface area contributed by atoms with Gasteiger partial charge in [0.05, 0.1) is 18.5 Å². The minimum absolute atomic E-state index is 0.152. The Kier molecular flexibility index (Phi) is 4.49. The van der Waals surface area contributed by atoms with Gasteiger partial charge in [-0.15, -0.1) is 0 Å². The van der Waals surface area contributed by atoms with Crippen LogP contribution in [0.4, 0.5) is 18.9 Å². The van der Waals surface area contributed by atoms with Crippen molar-refractivity contribution in [2.45, 2.75) is 6.18 Å². The van der Waals surface area contributed by atoms with Crippen molar-refractivity contribution in [2.24, 2.45) is 5.73 Å². The topological polar surface area (TPSA) is 86.2 Å². The van der Waals surface area contributed by atoms with Gasteiger partial charge in [0.2, 0.25) is 0 Å². The van der Waals surface area contributed by atoms with Crippen LogP contribution in [0.5, 0.6) is 0 Å². The predicted octanol–water partition coefficient (Wildman–Crippen LogP) is 0.727. The number of hydrogen-bond acceptors (Lipinski definition) is 4. The minimum Gasteiger partial charge on any atom is -0.395 e. The van der Waals surface area contributed by atoms with Gasteiger partial charge >= 0.3 is 6.18 Å². The zero-order valence-corrected chi connectivity index (χ0v) is 9.41. The molecule has 0 fully saturated rings. The summed E-state index contributed by atoms with van der Waals surface area (Å²) in [4.78, 5) is 4.73. The van der Waals surface area contributed by atoms with Crippen molar-refractivity contribution in [1.82, 2.24) is 4.98 Å². The fraction of sp³-hybridized carbons (Fsp3) is 0.400. The number of aliphatic hydroxyl groups excluding tert-OH is 1. The largest absolute Gasteiger partial charge is 0.405 e. The highest BCUT2D eigenvalue weighted by molar-refractivity contribution is 5.93. The molecule has 0 saturated carbocycles. The Balaban J connectivity index is 2.88. The molecular weight excluding hydrogens is 249 g/mol. The maximum atomic E-state index is 12.3. The number of pyridine rings is 1. The Morgan fingerprint density at radius 3 is 2.50 bits per heavy atom. The Morgan fingerprint density at radius 1 is 1.44 bits per heavy atom. The van der Waals surface area contributed by atoms with Gasteiger partial charge in [0, 0.05) is 6.54 Å². The fourth-order valence-corrected chi connectivity index (χ4v) is 1.37. The number of nitrogens with two attached hydrogens (primary N) is 1. The van der Waals surface area contributed by atoms with Gasteiger partial charge in [-0.1, -0.05) is 0 Å². The normalized spacial score (nSPS) is 11.3. The van der Waals surface area contributed by atoms with E-state index in [4.69, 9.17) is 16.2 Å². The number of aromatic nitrogens is 1. The molecule has 8 heteroatoms. The number of rotatable bonds is 5. The van der Waals surface area contributed by atoms with Crippen LogP contribution in [0.1, 0.15) is 5.69 Å². The van der Waals surface area contributed by atoms with Gasteiger partial charge in [0.25, 0.3) is 0 Å². The van der Waals surface area contributed by atoms with Crippen molar-refractivity contribution < 1.29 is 18.3 Å². The van der Waals surface area contributed by atoms with Crippen molar-refractivity contribution in [3.8, 4) is 0 Å². The third kappa shape index (κ3) is 4.21. The molecule has 0 aliphatic rings. The number of aliphatic hydroxyl groups is 1. The first-order valence-electron chi connectivity index (χ1n) is 5.06. The molecule has 1 rings (SSSR count). The lowest BCUT2D eigenvalue weighted by Gasteiger charge is -2.24. The number of nitrogens with one attached hydrogen (secondary N) is 1. The second kappa shape index (κ2) is 5.67. The summed E-state index contributed by atoms with van der Waals surface area (Å²) in [6.45, 7) is -1.72. The number of nitrogen functional groups attached to an aromatic ring is 1.